The highest BCUT2D eigenvalue weighted by molar-refractivity contribution is 9.10. The molecule has 0 spiro atoms. The number of urea groups is 1. The Bertz CT molecular complexity index is 1010. The van der Waals surface area contributed by atoms with Gasteiger partial charge < -0.3 is 9.88 Å². The van der Waals surface area contributed by atoms with E-state index in [2.05, 4.69) is 21.2 Å². The molecule has 5 nitrogen and oxygen atoms in total. The van der Waals surface area contributed by atoms with Crippen LogP contribution in [-0.2, 0) is 4.79 Å². The molecule has 1 saturated heterocycles. The second-order valence-corrected chi connectivity index (χ2v) is 6.66. The second-order valence-electron chi connectivity index (χ2n) is 5.74. The molecule has 0 saturated carbocycles. The van der Waals surface area contributed by atoms with Crippen molar-refractivity contribution in [2.24, 2.45) is 0 Å². The fourth-order valence-corrected chi connectivity index (χ4v) is 3.11. The molecule has 0 aliphatic carbocycles. The predicted octanol–water partition coefficient (Wildman–Crippen LogP) is 4.34. The predicted molar refractivity (Wildman–Crippen MR) is 104 cm³/mol. The van der Waals surface area contributed by atoms with Crippen LogP contribution < -0.4 is 10.2 Å². The van der Waals surface area contributed by atoms with Gasteiger partial charge in [-0.05, 0) is 54.6 Å². The van der Waals surface area contributed by atoms with E-state index in [9.17, 15) is 9.59 Å². The van der Waals surface area contributed by atoms with Crippen molar-refractivity contribution in [3.63, 3.8) is 0 Å². The van der Waals surface area contributed by atoms with E-state index in [1.165, 1.54) is 0 Å². The first kappa shape index (κ1) is 16.4. The van der Waals surface area contributed by atoms with Crippen molar-refractivity contribution in [2.75, 3.05) is 4.90 Å². The highest BCUT2D eigenvalue weighted by atomic mass is 79.9. The van der Waals surface area contributed by atoms with Gasteiger partial charge >= 0.3 is 6.03 Å². The summed E-state index contributed by atoms with van der Waals surface area (Å²) in [5.74, 6) is -0.371. The van der Waals surface area contributed by atoms with Crippen LogP contribution in [0.2, 0.25) is 0 Å². The molecule has 0 radical (unpaired) electrons. The summed E-state index contributed by atoms with van der Waals surface area (Å²) in [6.45, 7) is 0. The number of anilines is 1. The molecule has 2 heterocycles. The standard InChI is InChI=1S/C20H14BrN3O2/c21-14-8-10-15(11-9-14)23-12-4-7-17(23)13-18-19(25)24(20(26)22-18)16-5-2-1-3-6-16/h1-13H,(H,22,26)/b18-13+. The fourth-order valence-electron chi connectivity index (χ4n) is 2.84. The number of hydrogen-bond donors (Lipinski definition) is 1. The van der Waals surface area contributed by atoms with Crippen LogP contribution in [0.4, 0.5) is 10.5 Å². The lowest BCUT2D eigenvalue weighted by Gasteiger charge is -2.11. The maximum atomic E-state index is 12.7. The number of nitrogens with zero attached hydrogens (tertiary/aromatic N) is 2. The molecule has 2 aromatic carbocycles. The molecule has 1 fully saturated rings. The van der Waals surface area contributed by atoms with Gasteiger partial charge in [0.2, 0.25) is 0 Å². The zero-order valence-corrected chi connectivity index (χ0v) is 15.2. The van der Waals surface area contributed by atoms with Crippen molar-refractivity contribution in [1.82, 2.24) is 9.88 Å². The van der Waals surface area contributed by atoms with Crippen LogP contribution in [-0.4, -0.2) is 16.5 Å². The molecule has 0 atom stereocenters. The van der Waals surface area contributed by atoms with E-state index in [4.69, 9.17) is 0 Å². The van der Waals surface area contributed by atoms with Gasteiger partial charge in [-0.1, -0.05) is 34.1 Å². The Kier molecular flexibility index (Phi) is 4.18. The van der Waals surface area contributed by atoms with Crippen LogP contribution in [0.15, 0.2) is 83.1 Å². The summed E-state index contributed by atoms with van der Waals surface area (Å²) in [7, 11) is 0. The Labute approximate surface area is 158 Å². The van der Waals surface area contributed by atoms with Crippen molar-refractivity contribution < 1.29 is 9.59 Å². The lowest BCUT2D eigenvalue weighted by atomic mass is 10.2. The number of carbonyl (C=O) groups is 2. The molecule has 1 aromatic heterocycles. The lowest BCUT2D eigenvalue weighted by Crippen LogP contribution is -2.30. The van der Waals surface area contributed by atoms with E-state index in [0.717, 1.165) is 20.8 Å². The Morgan fingerprint density at radius 3 is 2.31 bits per heavy atom. The Morgan fingerprint density at radius 1 is 0.846 bits per heavy atom. The molecule has 0 unspecified atom stereocenters. The normalized spacial score (nSPS) is 15.6. The Morgan fingerprint density at radius 2 is 1.58 bits per heavy atom. The van der Waals surface area contributed by atoms with Gasteiger partial charge in [-0.3, -0.25) is 4.79 Å². The van der Waals surface area contributed by atoms with Crippen molar-refractivity contribution in [3.05, 3.63) is 88.8 Å². The maximum absolute atomic E-state index is 12.7. The van der Waals surface area contributed by atoms with E-state index in [1.54, 1.807) is 30.3 Å². The van der Waals surface area contributed by atoms with E-state index in [-0.39, 0.29) is 11.6 Å². The zero-order chi connectivity index (χ0) is 18.1. The molecule has 3 aromatic rings. The number of benzene rings is 2. The number of nitrogens with one attached hydrogen (secondary N) is 1. The minimum Gasteiger partial charge on any atom is -0.317 e. The largest absolute Gasteiger partial charge is 0.333 e. The van der Waals surface area contributed by atoms with Crippen molar-refractivity contribution >= 4 is 39.6 Å². The average Bonchev–Trinajstić information content (AvgIpc) is 3.21. The highest BCUT2D eigenvalue weighted by Gasteiger charge is 2.34. The average molecular weight is 408 g/mol. The van der Waals surface area contributed by atoms with Crippen LogP contribution in [0.25, 0.3) is 11.8 Å². The SMILES string of the molecule is O=C1N/C(=C/c2cccn2-c2ccc(Br)cc2)C(=O)N1c1ccccc1. The molecule has 3 amide bonds. The quantitative estimate of drug-likeness (QED) is 0.518. The third-order valence-electron chi connectivity index (χ3n) is 4.07. The molecule has 26 heavy (non-hydrogen) atoms. The molecular weight excluding hydrogens is 394 g/mol. The van der Waals surface area contributed by atoms with Crippen LogP contribution in [0.1, 0.15) is 5.69 Å². The van der Waals surface area contributed by atoms with Crippen LogP contribution in [0, 0.1) is 0 Å². The number of amides is 3. The molecule has 1 aliphatic rings. The zero-order valence-electron chi connectivity index (χ0n) is 13.6. The van der Waals surface area contributed by atoms with E-state index in [1.807, 2.05) is 53.2 Å². The van der Waals surface area contributed by atoms with Crippen LogP contribution in [0.3, 0.4) is 0 Å². The first-order chi connectivity index (χ1) is 12.6. The van der Waals surface area contributed by atoms with E-state index in [0.29, 0.717) is 5.69 Å². The third-order valence-corrected chi connectivity index (χ3v) is 4.60. The van der Waals surface area contributed by atoms with Gasteiger partial charge in [0.15, 0.2) is 0 Å². The number of para-hydroxylation sites is 1. The number of aromatic nitrogens is 1. The molecule has 1 N–H and O–H groups in total. The molecular formula is C20H14BrN3O2. The minimum absolute atomic E-state index is 0.246. The summed E-state index contributed by atoms with van der Waals surface area (Å²) in [5, 5.41) is 2.66. The summed E-state index contributed by atoms with van der Waals surface area (Å²) >= 11 is 3.42. The van der Waals surface area contributed by atoms with Gasteiger partial charge in [0.25, 0.3) is 5.91 Å². The summed E-state index contributed by atoms with van der Waals surface area (Å²) in [6, 6.07) is 20.0. The minimum atomic E-state index is -0.450. The maximum Gasteiger partial charge on any atom is 0.333 e. The summed E-state index contributed by atoms with van der Waals surface area (Å²) in [4.78, 5) is 26.1. The Balaban J connectivity index is 1.68. The van der Waals surface area contributed by atoms with Gasteiger partial charge in [-0.2, -0.15) is 0 Å². The van der Waals surface area contributed by atoms with Gasteiger partial charge in [0.1, 0.15) is 5.70 Å². The number of carbonyl (C=O) groups excluding carboxylic acids is 2. The smallest absolute Gasteiger partial charge is 0.317 e. The van der Waals surface area contributed by atoms with Crippen LogP contribution >= 0.6 is 15.9 Å². The monoisotopic (exact) mass is 407 g/mol. The second kappa shape index (κ2) is 6.65. The van der Waals surface area contributed by atoms with Crippen molar-refractivity contribution in [2.45, 2.75) is 0 Å². The topological polar surface area (TPSA) is 54.3 Å². The summed E-state index contributed by atoms with van der Waals surface area (Å²) < 4.78 is 2.94. The Hall–Kier alpha value is -3.12. The van der Waals surface area contributed by atoms with Gasteiger partial charge in [-0.15, -0.1) is 0 Å². The first-order valence-corrected chi connectivity index (χ1v) is 8.78. The molecule has 128 valence electrons. The lowest BCUT2D eigenvalue weighted by molar-refractivity contribution is -0.113. The third kappa shape index (κ3) is 2.95. The van der Waals surface area contributed by atoms with Gasteiger partial charge in [0.05, 0.1) is 5.69 Å². The number of rotatable bonds is 3. The summed E-state index contributed by atoms with van der Waals surface area (Å²) in [5.41, 5.74) is 2.55. The number of halogens is 1. The van der Waals surface area contributed by atoms with Crippen LogP contribution in [0.5, 0.6) is 0 Å². The fraction of sp³-hybridized carbons (Fsp3) is 0. The summed E-state index contributed by atoms with van der Waals surface area (Å²) in [6.07, 6.45) is 3.59. The molecule has 1 aliphatic heterocycles. The van der Waals surface area contributed by atoms with Gasteiger partial charge in [-0.25, -0.2) is 9.69 Å². The first-order valence-electron chi connectivity index (χ1n) is 7.99. The van der Waals surface area contributed by atoms with E-state index >= 15 is 0 Å². The number of hydrogen-bond acceptors (Lipinski definition) is 2. The van der Waals surface area contributed by atoms with Crippen molar-refractivity contribution in [1.29, 1.82) is 0 Å². The van der Waals surface area contributed by atoms with Crippen molar-refractivity contribution in [3.8, 4) is 5.69 Å². The highest BCUT2D eigenvalue weighted by Crippen LogP contribution is 2.23. The molecule has 0 bridgehead atoms. The van der Waals surface area contributed by atoms with Gasteiger partial charge in [0, 0.05) is 22.1 Å². The number of imide groups is 1. The molecule has 4 rings (SSSR count). The molecule has 6 heteroatoms. The van der Waals surface area contributed by atoms with E-state index < -0.39 is 6.03 Å².